The molecule has 0 aliphatic heterocycles. The van der Waals surface area contributed by atoms with Gasteiger partial charge in [-0.3, -0.25) is 9.89 Å². The number of nitrogens with zero attached hydrogens (tertiary/aromatic N) is 3. The van der Waals surface area contributed by atoms with Crippen LogP contribution in [0.2, 0.25) is 0 Å². The SMILES string of the molecule is COc1ccc(-c2n[nH]c(CNC(=O)CN(C)S(=O)(=O)c3ccc(F)cc3)n2)cc1. The van der Waals surface area contributed by atoms with Gasteiger partial charge in [-0.05, 0) is 48.5 Å². The van der Waals surface area contributed by atoms with Crippen molar-refractivity contribution in [3.05, 3.63) is 60.2 Å². The van der Waals surface area contributed by atoms with Crippen LogP contribution in [0.25, 0.3) is 11.4 Å². The summed E-state index contributed by atoms with van der Waals surface area (Å²) in [6.45, 7) is -0.356. The molecular formula is C19H20FN5O4S. The minimum absolute atomic E-state index is 0.0480. The van der Waals surface area contributed by atoms with Gasteiger partial charge in [-0.15, -0.1) is 0 Å². The first kappa shape index (κ1) is 21.4. The summed E-state index contributed by atoms with van der Waals surface area (Å²) < 4.78 is 43.9. The maximum Gasteiger partial charge on any atom is 0.243 e. The van der Waals surface area contributed by atoms with Crippen molar-refractivity contribution in [2.24, 2.45) is 0 Å². The Labute approximate surface area is 172 Å². The third-order valence-electron chi connectivity index (χ3n) is 4.22. The number of amides is 1. The molecular weight excluding hydrogens is 413 g/mol. The Kier molecular flexibility index (Phi) is 6.43. The maximum atomic E-state index is 13.0. The van der Waals surface area contributed by atoms with E-state index in [2.05, 4.69) is 20.5 Å². The van der Waals surface area contributed by atoms with E-state index in [-0.39, 0.29) is 11.4 Å². The van der Waals surface area contributed by atoms with Gasteiger partial charge in [0, 0.05) is 12.6 Å². The van der Waals surface area contributed by atoms with Crippen LogP contribution in [0.1, 0.15) is 5.82 Å². The number of halogens is 1. The number of aromatic amines is 1. The van der Waals surface area contributed by atoms with E-state index in [9.17, 15) is 17.6 Å². The summed E-state index contributed by atoms with van der Waals surface area (Å²) in [6, 6.07) is 11.6. The Bertz CT molecular complexity index is 1110. The van der Waals surface area contributed by atoms with Gasteiger partial charge in [0.25, 0.3) is 0 Å². The van der Waals surface area contributed by atoms with Crippen molar-refractivity contribution < 1.29 is 22.3 Å². The zero-order chi connectivity index (χ0) is 21.7. The number of rotatable bonds is 8. The summed E-state index contributed by atoms with van der Waals surface area (Å²) in [5.41, 5.74) is 0.773. The van der Waals surface area contributed by atoms with Gasteiger partial charge in [0.2, 0.25) is 15.9 Å². The number of aromatic nitrogens is 3. The Morgan fingerprint density at radius 3 is 2.47 bits per heavy atom. The van der Waals surface area contributed by atoms with Crippen LogP contribution in [0.5, 0.6) is 5.75 Å². The summed E-state index contributed by atoms with van der Waals surface area (Å²) in [4.78, 5) is 16.4. The van der Waals surface area contributed by atoms with Crippen LogP contribution in [-0.2, 0) is 21.4 Å². The Morgan fingerprint density at radius 1 is 1.17 bits per heavy atom. The van der Waals surface area contributed by atoms with Gasteiger partial charge in [-0.2, -0.15) is 9.40 Å². The average Bonchev–Trinajstić information content (AvgIpc) is 3.21. The summed E-state index contributed by atoms with van der Waals surface area (Å²) >= 11 is 0. The van der Waals surface area contributed by atoms with E-state index < -0.39 is 28.3 Å². The van der Waals surface area contributed by atoms with Crippen LogP contribution in [0.3, 0.4) is 0 Å². The summed E-state index contributed by atoms with van der Waals surface area (Å²) in [6.07, 6.45) is 0. The van der Waals surface area contributed by atoms with Gasteiger partial charge in [0.05, 0.1) is 25.1 Å². The summed E-state index contributed by atoms with van der Waals surface area (Å²) in [7, 11) is -1.06. The van der Waals surface area contributed by atoms with Crippen molar-refractivity contribution >= 4 is 15.9 Å². The Hall–Kier alpha value is -3.31. The standard InChI is InChI=1S/C19H20FN5O4S/c1-25(30(27,28)16-9-5-14(20)6-10-16)12-18(26)21-11-17-22-19(24-23-17)13-3-7-15(29-2)8-4-13/h3-10H,11-12H2,1-2H3,(H,21,26)(H,22,23,24). The zero-order valence-electron chi connectivity index (χ0n) is 16.3. The van der Waals surface area contributed by atoms with Crippen LogP contribution in [0.4, 0.5) is 4.39 Å². The van der Waals surface area contributed by atoms with E-state index in [0.29, 0.717) is 17.4 Å². The molecule has 30 heavy (non-hydrogen) atoms. The Morgan fingerprint density at radius 2 is 1.83 bits per heavy atom. The van der Waals surface area contributed by atoms with Gasteiger partial charge in [0.1, 0.15) is 17.4 Å². The molecule has 0 unspecified atom stereocenters. The summed E-state index contributed by atoms with van der Waals surface area (Å²) in [5, 5.41) is 9.42. The maximum absolute atomic E-state index is 13.0. The van der Waals surface area contributed by atoms with E-state index in [1.165, 1.54) is 7.05 Å². The number of carbonyl (C=O) groups excluding carboxylic acids is 1. The summed E-state index contributed by atoms with van der Waals surface area (Å²) in [5.74, 6) is 0.513. The number of H-pyrrole nitrogens is 1. The molecule has 3 rings (SSSR count). The van der Waals surface area contributed by atoms with Crippen LogP contribution >= 0.6 is 0 Å². The number of benzene rings is 2. The molecule has 0 saturated carbocycles. The fourth-order valence-electron chi connectivity index (χ4n) is 2.56. The van der Waals surface area contributed by atoms with E-state index in [0.717, 1.165) is 34.1 Å². The van der Waals surface area contributed by atoms with Gasteiger partial charge < -0.3 is 10.1 Å². The van der Waals surface area contributed by atoms with Crippen molar-refractivity contribution in [1.29, 1.82) is 0 Å². The van der Waals surface area contributed by atoms with Crippen LogP contribution in [0, 0.1) is 5.82 Å². The number of ether oxygens (including phenoxy) is 1. The van der Waals surface area contributed by atoms with Crippen LogP contribution < -0.4 is 10.1 Å². The molecule has 3 aromatic rings. The lowest BCUT2D eigenvalue weighted by Gasteiger charge is -2.16. The van der Waals surface area contributed by atoms with Gasteiger partial charge in [0.15, 0.2) is 5.82 Å². The molecule has 0 aliphatic carbocycles. The van der Waals surface area contributed by atoms with Crippen molar-refractivity contribution in [2.75, 3.05) is 20.7 Å². The van der Waals surface area contributed by atoms with Crippen molar-refractivity contribution in [3.63, 3.8) is 0 Å². The number of sulfonamides is 1. The molecule has 0 aliphatic rings. The highest BCUT2D eigenvalue weighted by molar-refractivity contribution is 7.89. The lowest BCUT2D eigenvalue weighted by molar-refractivity contribution is -0.121. The minimum atomic E-state index is -3.91. The fraction of sp³-hybridized carbons (Fsp3) is 0.211. The molecule has 0 radical (unpaired) electrons. The first-order valence-corrected chi connectivity index (χ1v) is 10.3. The normalized spacial score (nSPS) is 11.5. The van der Waals surface area contributed by atoms with E-state index in [1.807, 2.05) is 0 Å². The molecule has 11 heteroatoms. The highest BCUT2D eigenvalue weighted by Crippen LogP contribution is 2.19. The van der Waals surface area contributed by atoms with Crippen molar-refractivity contribution in [2.45, 2.75) is 11.4 Å². The zero-order valence-corrected chi connectivity index (χ0v) is 17.1. The van der Waals surface area contributed by atoms with Crippen molar-refractivity contribution in [3.8, 4) is 17.1 Å². The second kappa shape index (κ2) is 9.01. The highest BCUT2D eigenvalue weighted by Gasteiger charge is 2.23. The number of hydrogen-bond acceptors (Lipinski definition) is 6. The van der Waals surface area contributed by atoms with Gasteiger partial charge in [-0.25, -0.2) is 17.8 Å². The topological polar surface area (TPSA) is 117 Å². The first-order chi connectivity index (χ1) is 14.3. The average molecular weight is 433 g/mol. The minimum Gasteiger partial charge on any atom is -0.497 e. The first-order valence-electron chi connectivity index (χ1n) is 8.84. The largest absolute Gasteiger partial charge is 0.497 e. The number of nitrogens with one attached hydrogen (secondary N) is 2. The third kappa shape index (κ3) is 4.99. The molecule has 1 amide bonds. The molecule has 2 N–H and O–H groups in total. The van der Waals surface area contributed by atoms with E-state index in [1.54, 1.807) is 31.4 Å². The lowest BCUT2D eigenvalue weighted by Crippen LogP contribution is -2.38. The second-order valence-electron chi connectivity index (χ2n) is 6.33. The quantitative estimate of drug-likeness (QED) is 0.557. The molecule has 158 valence electrons. The smallest absolute Gasteiger partial charge is 0.243 e. The van der Waals surface area contributed by atoms with Crippen LogP contribution in [0.15, 0.2) is 53.4 Å². The predicted molar refractivity (Wildman–Crippen MR) is 106 cm³/mol. The van der Waals surface area contributed by atoms with E-state index in [4.69, 9.17) is 4.74 Å². The number of hydrogen-bond donors (Lipinski definition) is 2. The molecule has 2 aromatic carbocycles. The van der Waals surface area contributed by atoms with Gasteiger partial charge >= 0.3 is 0 Å². The third-order valence-corrected chi connectivity index (χ3v) is 6.04. The monoisotopic (exact) mass is 433 g/mol. The van der Waals surface area contributed by atoms with Gasteiger partial charge in [-0.1, -0.05) is 0 Å². The van der Waals surface area contributed by atoms with Crippen molar-refractivity contribution in [1.82, 2.24) is 24.8 Å². The molecule has 0 saturated heterocycles. The second-order valence-corrected chi connectivity index (χ2v) is 8.37. The molecule has 0 spiro atoms. The number of likely N-dealkylation sites (N-methyl/N-ethyl adjacent to an activating group) is 1. The Balaban J connectivity index is 1.56. The molecule has 0 bridgehead atoms. The van der Waals surface area contributed by atoms with E-state index >= 15 is 0 Å². The highest BCUT2D eigenvalue weighted by atomic mass is 32.2. The molecule has 0 fully saturated rings. The molecule has 1 heterocycles. The predicted octanol–water partition coefficient (Wildman–Crippen LogP) is 1.56. The molecule has 0 atom stereocenters. The number of carbonyl (C=O) groups is 1. The lowest BCUT2D eigenvalue weighted by atomic mass is 10.2. The fourth-order valence-corrected chi connectivity index (χ4v) is 3.68. The van der Waals surface area contributed by atoms with Crippen LogP contribution in [-0.4, -0.2) is 54.5 Å². The molecule has 1 aromatic heterocycles. The number of methoxy groups -OCH3 is 1. The molecule has 9 nitrogen and oxygen atoms in total.